The highest BCUT2D eigenvalue weighted by Crippen LogP contribution is 2.30. The van der Waals surface area contributed by atoms with Crippen molar-refractivity contribution >= 4 is 11.9 Å². The van der Waals surface area contributed by atoms with Crippen LogP contribution in [-0.2, 0) is 19.4 Å². The lowest BCUT2D eigenvalue weighted by atomic mass is 9.91. The van der Waals surface area contributed by atoms with Gasteiger partial charge in [0, 0.05) is 31.4 Å². The summed E-state index contributed by atoms with van der Waals surface area (Å²) in [6.45, 7) is 6.19. The zero-order chi connectivity index (χ0) is 20.2. The predicted octanol–water partition coefficient (Wildman–Crippen LogP) is 3.45. The highest BCUT2D eigenvalue weighted by Gasteiger charge is 2.20. The molecule has 152 valence electrons. The summed E-state index contributed by atoms with van der Waals surface area (Å²) in [5.41, 5.74) is 11.8. The van der Waals surface area contributed by atoms with Gasteiger partial charge in [0.25, 0.3) is 0 Å². The summed E-state index contributed by atoms with van der Waals surface area (Å²) in [5, 5.41) is 14.9. The fourth-order valence-corrected chi connectivity index (χ4v) is 4.22. The Kier molecular flexibility index (Phi) is 5.95. The van der Waals surface area contributed by atoms with E-state index in [9.17, 15) is 0 Å². The summed E-state index contributed by atoms with van der Waals surface area (Å²) in [6, 6.07) is 8.76. The van der Waals surface area contributed by atoms with Gasteiger partial charge in [-0.25, -0.2) is 5.43 Å². The fourth-order valence-electron chi connectivity index (χ4n) is 4.22. The Morgan fingerprint density at radius 2 is 2.14 bits per heavy atom. The number of allylic oxidation sites excluding steroid dienone is 4. The molecule has 2 aliphatic carbocycles. The van der Waals surface area contributed by atoms with E-state index in [1.807, 2.05) is 12.1 Å². The lowest BCUT2D eigenvalue weighted by molar-refractivity contribution is 0.372. The van der Waals surface area contributed by atoms with E-state index in [0.29, 0.717) is 5.92 Å². The molecule has 29 heavy (non-hydrogen) atoms. The maximum absolute atomic E-state index is 4.36. The van der Waals surface area contributed by atoms with Gasteiger partial charge in [-0.05, 0) is 72.9 Å². The molecule has 2 aliphatic rings. The second-order valence-corrected chi connectivity index (χ2v) is 8.08. The van der Waals surface area contributed by atoms with E-state index in [1.165, 1.54) is 52.8 Å². The monoisotopic (exact) mass is 389 g/mol. The van der Waals surface area contributed by atoms with E-state index < -0.39 is 0 Å². The van der Waals surface area contributed by atoms with Gasteiger partial charge in [0.15, 0.2) is 0 Å². The number of hydrazine groups is 1. The third-order valence-corrected chi connectivity index (χ3v) is 5.87. The Morgan fingerprint density at radius 1 is 1.24 bits per heavy atom. The van der Waals surface area contributed by atoms with Crippen molar-refractivity contribution in [2.45, 2.75) is 46.1 Å². The van der Waals surface area contributed by atoms with Crippen molar-refractivity contribution in [3.05, 3.63) is 69.7 Å². The quantitative estimate of drug-likeness (QED) is 0.413. The minimum absolute atomic E-state index is 0.524. The van der Waals surface area contributed by atoms with Crippen LogP contribution in [0.3, 0.4) is 0 Å². The second kappa shape index (κ2) is 8.78. The maximum Gasteiger partial charge on any atom is 0.128 e. The van der Waals surface area contributed by atoms with E-state index in [4.69, 9.17) is 0 Å². The molecule has 0 saturated heterocycles. The molecule has 0 fully saturated rings. The number of hydrogen-bond donors (Lipinski definition) is 2. The first-order chi connectivity index (χ1) is 14.2. The largest absolute Gasteiger partial charge is 0.388 e. The van der Waals surface area contributed by atoms with E-state index in [1.54, 1.807) is 6.34 Å². The van der Waals surface area contributed by atoms with Crippen LogP contribution in [-0.4, -0.2) is 24.9 Å². The van der Waals surface area contributed by atoms with Gasteiger partial charge in [-0.1, -0.05) is 31.2 Å². The first-order valence-electron chi connectivity index (χ1n) is 10.7. The average molecular weight is 390 g/mol. The van der Waals surface area contributed by atoms with Crippen LogP contribution in [0.4, 0.5) is 0 Å². The van der Waals surface area contributed by atoms with Crippen LogP contribution in [0.2, 0.25) is 0 Å². The van der Waals surface area contributed by atoms with Crippen molar-refractivity contribution in [2.24, 2.45) is 16.1 Å². The molecule has 0 amide bonds. The van der Waals surface area contributed by atoms with Crippen molar-refractivity contribution in [3.8, 4) is 0 Å². The average Bonchev–Trinajstić information content (AvgIpc) is 3.32. The first kappa shape index (κ1) is 19.6. The molecule has 0 bridgehead atoms. The molecular formula is C24H31N5. The van der Waals surface area contributed by atoms with Gasteiger partial charge < -0.3 is 5.32 Å². The molecular weight excluding hydrogens is 358 g/mol. The lowest BCUT2D eigenvalue weighted by Gasteiger charge is -2.21. The summed E-state index contributed by atoms with van der Waals surface area (Å²) in [5.74, 6) is 0.524. The highest BCUT2D eigenvalue weighted by molar-refractivity contribution is 5.73. The minimum atomic E-state index is 0.524. The van der Waals surface area contributed by atoms with Crippen LogP contribution in [0.25, 0.3) is 5.57 Å². The molecule has 0 saturated carbocycles. The lowest BCUT2D eigenvalue weighted by Crippen LogP contribution is -2.32. The number of rotatable bonds is 8. The van der Waals surface area contributed by atoms with E-state index in [0.717, 1.165) is 24.9 Å². The van der Waals surface area contributed by atoms with Crippen LogP contribution < -0.4 is 16.1 Å². The van der Waals surface area contributed by atoms with Gasteiger partial charge >= 0.3 is 0 Å². The number of benzene rings is 1. The summed E-state index contributed by atoms with van der Waals surface area (Å²) in [6.07, 6.45) is 10.9. The summed E-state index contributed by atoms with van der Waals surface area (Å²) >= 11 is 0. The molecule has 5 heteroatoms. The molecule has 5 nitrogen and oxygen atoms in total. The fraction of sp³-hybridized carbons (Fsp3) is 0.417. The number of nitrogens with one attached hydrogen (secondary N) is 2. The third kappa shape index (κ3) is 4.67. The van der Waals surface area contributed by atoms with Crippen molar-refractivity contribution in [1.82, 2.24) is 15.8 Å². The van der Waals surface area contributed by atoms with E-state index >= 15 is 0 Å². The first-order valence-corrected chi connectivity index (χ1v) is 10.7. The number of nitrogens with zero attached hydrogens (tertiary/aromatic N) is 3. The molecule has 2 N–H and O–H groups in total. The third-order valence-electron chi connectivity index (χ3n) is 5.87. The van der Waals surface area contributed by atoms with Crippen LogP contribution in [0.1, 0.15) is 48.9 Å². The number of fused-ring (bicyclic) bond motifs is 1. The Balaban J connectivity index is 1.30. The van der Waals surface area contributed by atoms with Gasteiger partial charge in [0.2, 0.25) is 0 Å². The SMILES string of the molecule is CCNC1=CC=C(c2c/c2=N\N=C\N(C)NCc2cccc3c2CCC3)CC1C. The molecule has 0 spiro atoms. The molecule has 4 rings (SSSR count). The zero-order valence-electron chi connectivity index (χ0n) is 17.7. The Hall–Kier alpha value is -2.66. The topological polar surface area (TPSA) is 52.0 Å². The molecule has 0 aromatic heterocycles. The molecule has 2 aromatic carbocycles. The normalized spacial score (nSPS) is 19.6. The van der Waals surface area contributed by atoms with Crippen LogP contribution in [0, 0.1) is 5.92 Å². The molecule has 0 aliphatic heterocycles. The predicted molar refractivity (Wildman–Crippen MR) is 119 cm³/mol. The van der Waals surface area contributed by atoms with Crippen LogP contribution >= 0.6 is 0 Å². The van der Waals surface area contributed by atoms with E-state index in [2.05, 4.69) is 71.2 Å². The highest BCUT2D eigenvalue weighted by atomic mass is 15.5. The maximum atomic E-state index is 4.36. The molecule has 1 atom stereocenters. The Bertz CT molecular complexity index is 971. The van der Waals surface area contributed by atoms with Crippen LogP contribution in [0.5, 0.6) is 0 Å². The number of hydrogen-bond acceptors (Lipinski definition) is 4. The van der Waals surface area contributed by atoms with Gasteiger partial charge in [0.05, 0.1) is 5.36 Å². The summed E-state index contributed by atoms with van der Waals surface area (Å²) in [7, 11) is 1.96. The smallest absolute Gasteiger partial charge is 0.128 e. The van der Waals surface area contributed by atoms with Crippen molar-refractivity contribution in [1.29, 1.82) is 0 Å². The second-order valence-electron chi connectivity index (χ2n) is 8.08. The zero-order valence-corrected chi connectivity index (χ0v) is 17.7. The summed E-state index contributed by atoms with van der Waals surface area (Å²) < 4.78 is 0. The Morgan fingerprint density at radius 3 is 2.97 bits per heavy atom. The summed E-state index contributed by atoms with van der Waals surface area (Å²) in [4.78, 5) is 0. The van der Waals surface area contributed by atoms with Gasteiger partial charge in [0.1, 0.15) is 6.34 Å². The minimum Gasteiger partial charge on any atom is -0.388 e. The van der Waals surface area contributed by atoms with E-state index in [-0.39, 0.29) is 0 Å². The van der Waals surface area contributed by atoms with Crippen molar-refractivity contribution < 1.29 is 0 Å². The number of aryl methyl sites for hydroxylation is 1. The molecule has 2 aromatic rings. The van der Waals surface area contributed by atoms with Gasteiger partial charge in [-0.3, -0.25) is 5.01 Å². The van der Waals surface area contributed by atoms with Crippen molar-refractivity contribution in [3.63, 3.8) is 0 Å². The molecule has 0 heterocycles. The van der Waals surface area contributed by atoms with Crippen LogP contribution in [0.15, 0.2) is 52.3 Å². The van der Waals surface area contributed by atoms with Gasteiger partial charge in [-0.2, -0.15) is 0 Å². The molecule has 1 unspecified atom stereocenters. The Labute approximate surface area is 173 Å². The standard InChI is InChI=1S/C24H31N5/c1-4-25-23-12-11-19(13-17(23)2)22-14-24(22)28-26-16-29(3)27-15-20-9-5-7-18-8-6-10-21(18)20/h5,7,9,11-12,14,16-17,25,27H,4,6,8,10,13,15H2,1-3H3/b26-16+,28-24+. The van der Waals surface area contributed by atoms with Gasteiger partial charge in [-0.15, -0.1) is 10.2 Å². The molecule has 0 radical (unpaired) electrons. The van der Waals surface area contributed by atoms with Crippen molar-refractivity contribution in [2.75, 3.05) is 13.6 Å².